The summed E-state index contributed by atoms with van der Waals surface area (Å²) in [6.45, 7) is 8.89. The van der Waals surface area contributed by atoms with E-state index in [1.807, 2.05) is 13.1 Å². The summed E-state index contributed by atoms with van der Waals surface area (Å²) in [4.78, 5) is 16.3. The van der Waals surface area contributed by atoms with Crippen LogP contribution in [-0.2, 0) is 6.42 Å². The molecule has 8 nitrogen and oxygen atoms in total. The van der Waals surface area contributed by atoms with Crippen molar-refractivity contribution in [2.45, 2.75) is 32.2 Å². The number of aromatic nitrogens is 2. The largest absolute Gasteiger partial charge is 0.468 e. The Bertz CT molecular complexity index is 783. The van der Waals surface area contributed by atoms with Crippen LogP contribution in [0.25, 0.3) is 0 Å². The van der Waals surface area contributed by atoms with Gasteiger partial charge in [-0.2, -0.15) is 4.37 Å². The predicted octanol–water partition coefficient (Wildman–Crippen LogP) is 2.85. The highest BCUT2D eigenvalue weighted by Crippen LogP contribution is 2.25. The second-order valence-corrected chi connectivity index (χ2v) is 8.25. The first kappa shape index (κ1) is 23.3. The molecule has 0 amide bonds. The zero-order valence-electron chi connectivity index (χ0n) is 17.8. The van der Waals surface area contributed by atoms with Crippen molar-refractivity contribution in [3.8, 4) is 0 Å². The Labute approximate surface area is 199 Å². The number of guanidine groups is 1. The van der Waals surface area contributed by atoms with E-state index >= 15 is 0 Å². The molecular formula is C20H32IN7OS. The first-order valence-corrected chi connectivity index (χ1v) is 11.4. The Balaban J connectivity index is 0.00000256. The van der Waals surface area contributed by atoms with Gasteiger partial charge in [0.2, 0.25) is 5.13 Å². The van der Waals surface area contributed by atoms with Gasteiger partial charge in [-0.25, -0.2) is 4.98 Å². The number of aryl methyl sites for hydroxylation is 1. The smallest absolute Gasteiger partial charge is 0.205 e. The zero-order chi connectivity index (χ0) is 20.1. The van der Waals surface area contributed by atoms with Crippen molar-refractivity contribution in [3.05, 3.63) is 30.0 Å². The number of likely N-dealkylation sites (tertiary alicyclic amines) is 1. The summed E-state index contributed by atoms with van der Waals surface area (Å²) in [5.74, 6) is 2.94. The van der Waals surface area contributed by atoms with Crippen molar-refractivity contribution in [1.82, 2.24) is 24.5 Å². The van der Waals surface area contributed by atoms with Gasteiger partial charge in [0.15, 0.2) is 5.96 Å². The lowest BCUT2D eigenvalue weighted by atomic mass is 10.2. The molecule has 0 bridgehead atoms. The number of nitrogens with zero attached hydrogens (tertiary/aromatic N) is 6. The molecule has 2 aliphatic rings. The van der Waals surface area contributed by atoms with Crippen LogP contribution >= 0.6 is 35.5 Å². The third-order valence-corrected chi connectivity index (χ3v) is 6.56. The van der Waals surface area contributed by atoms with E-state index < -0.39 is 0 Å². The molecule has 1 N–H and O–H groups in total. The van der Waals surface area contributed by atoms with Crippen molar-refractivity contribution in [2.75, 3.05) is 57.8 Å². The van der Waals surface area contributed by atoms with Crippen LogP contribution in [0.1, 0.15) is 37.4 Å². The molecule has 2 fully saturated rings. The van der Waals surface area contributed by atoms with Crippen LogP contribution in [0.3, 0.4) is 0 Å². The number of hydrogen-bond acceptors (Lipinski definition) is 7. The summed E-state index contributed by atoms with van der Waals surface area (Å²) in [7, 11) is 1.87. The number of rotatable bonds is 6. The Hall–Kier alpha value is -1.40. The maximum absolute atomic E-state index is 5.74. The predicted molar refractivity (Wildman–Crippen MR) is 132 cm³/mol. The number of halogens is 1. The highest BCUT2D eigenvalue weighted by Gasteiger charge is 2.27. The van der Waals surface area contributed by atoms with Crippen molar-refractivity contribution in [2.24, 2.45) is 4.99 Å². The number of anilines is 1. The van der Waals surface area contributed by atoms with Gasteiger partial charge in [-0.15, -0.1) is 24.0 Å². The molecule has 0 saturated carbocycles. The number of nitrogens with one attached hydrogen (secondary N) is 1. The van der Waals surface area contributed by atoms with Gasteiger partial charge in [0, 0.05) is 57.7 Å². The lowest BCUT2D eigenvalue weighted by Gasteiger charge is -2.37. The fourth-order valence-corrected chi connectivity index (χ4v) is 4.89. The molecule has 0 radical (unpaired) electrons. The van der Waals surface area contributed by atoms with Crippen LogP contribution in [0.5, 0.6) is 0 Å². The molecule has 2 aromatic rings. The van der Waals surface area contributed by atoms with Gasteiger partial charge in [-0.1, -0.05) is 6.92 Å². The summed E-state index contributed by atoms with van der Waals surface area (Å²) < 4.78 is 10.2. The molecule has 1 atom stereocenters. The van der Waals surface area contributed by atoms with Gasteiger partial charge in [0.1, 0.15) is 11.6 Å². The molecule has 0 aliphatic carbocycles. The highest BCUT2D eigenvalue weighted by molar-refractivity contribution is 14.0. The fourth-order valence-electron chi connectivity index (χ4n) is 4.09. The van der Waals surface area contributed by atoms with Crippen molar-refractivity contribution in [1.29, 1.82) is 0 Å². The molecule has 2 aliphatic heterocycles. The fraction of sp³-hybridized carbons (Fsp3) is 0.650. The molecule has 30 heavy (non-hydrogen) atoms. The second kappa shape index (κ2) is 11.3. The van der Waals surface area contributed by atoms with Crippen LogP contribution in [0, 0.1) is 0 Å². The van der Waals surface area contributed by atoms with E-state index in [2.05, 4.69) is 47.4 Å². The van der Waals surface area contributed by atoms with E-state index in [1.165, 1.54) is 24.4 Å². The second-order valence-electron chi connectivity index (χ2n) is 7.52. The monoisotopic (exact) mass is 545 g/mol. The number of aliphatic imine (C=N–C) groups is 1. The van der Waals surface area contributed by atoms with Crippen molar-refractivity contribution < 1.29 is 4.42 Å². The van der Waals surface area contributed by atoms with Crippen LogP contribution in [-0.4, -0.2) is 78.0 Å². The first-order valence-electron chi connectivity index (χ1n) is 10.6. The lowest BCUT2D eigenvalue weighted by Crippen LogP contribution is -2.53. The Kier molecular flexibility index (Phi) is 8.75. The topological polar surface area (TPSA) is 73.0 Å². The Morgan fingerprint density at radius 1 is 1.23 bits per heavy atom. The van der Waals surface area contributed by atoms with Gasteiger partial charge >= 0.3 is 0 Å². The van der Waals surface area contributed by atoms with E-state index in [-0.39, 0.29) is 30.0 Å². The van der Waals surface area contributed by atoms with Crippen LogP contribution in [0.2, 0.25) is 0 Å². The van der Waals surface area contributed by atoms with E-state index in [0.29, 0.717) is 0 Å². The molecule has 0 spiro atoms. The SMILES string of the molecule is CCc1nsc(N2CCN(C(=NC)NCC(c3ccco3)N3CCCC3)CC2)n1.I. The quantitative estimate of drug-likeness (QED) is 0.340. The van der Waals surface area contributed by atoms with E-state index in [1.54, 1.807) is 6.26 Å². The normalized spacial score (nSPS) is 19.1. The Morgan fingerprint density at radius 3 is 2.60 bits per heavy atom. The summed E-state index contributed by atoms with van der Waals surface area (Å²) in [5, 5.41) is 4.64. The van der Waals surface area contributed by atoms with E-state index in [9.17, 15) is 0 Å². The molecule has 2 saturated heterocycles. The maximum atomic E-state index is 5.74. The molecule has 1 unspecified atom stereocenters. The zero-order valence-corrected chi connectivity index (χ0v) is 20.9. The third-order valence-electron chi connectivity index (χ3n) is 5.74. The average molecular weight is 545 g/mol. The van der Waals surface area contributed by atoms with Gasteiger partial charge in [-0.05, 0) is 38.1 Å². The summed E-state index contributed by atoms with van der Waals surface area (Å²) >= 11 is 1.51. The van der Waals surface area contributed by atoms with Crippen molar-refractivity contribution in [3.63, 3.8) is 0 Å². The maximum Gasteiger partial charge on any atom is 0.205 e. The average Bonchev–Trinajstić information content (AvgIpc) is 3.54. The minimum Gasteiger partial charge on any atom is -0.468 e. The van der Waals surface area contributed by atoms with Gasteiger partial charge in [-0.3, -0.25) is 9.89 Å². The summed E-state index contributed by atoms with van der Waals surface area (Å²) in [6.07, 6.45) is 5.18. The molecule has 0 aromatic carbocycles. The van der Waals surface area contributed by atoms with Crippen LogP contribution < -0.4 is 10.2 Å². The molecule has 4 heterocycles. The number of piperazine rings is 1. The summed E-state index contributed by atoms with van der Waals surface area (Å²) in [5.41, 5.74) is 0. The molecule has 2 aromatic heterocycles. The van der Waals surface area contributed by atoms with Crippen LogP contribution in [0.15, 0.2) is 27.8 Å². The number of furan rings is 1. The molecular weight excluding hydrogens is 513 g/mol. The molecule has 4 rings (SSSR count). The van der Waals surface area contributed by atoms with Crippen molar-refractivity contribution >= 4 is 46.6 Å². The minimum atomic E-state index is 0. The van der Waals surface area contributed by atoms with Crippen LogP contribution in [0.4, 0.5) is 5.13 Å². The van der Waals surface area contributed by atoms with E-state index in [0.717, 1.165) is 74.9 Å². The summed E-state index contributed by atoms with van der Waals surface area (Å²) in [6, 6.07) is 4.31. The molecule has 10 heteroatoms. The Morgan fingerprint density at radius 2 is 2.00 bits per heavy atom. The van der Waals surface area contributed by atoms with E-state index in [4.69, 9.17) is 4.42 Å². The first-order chi connectivity index (χ1) is 14.3. The minimum absolute atomic E-state index is 0. The third kappa shape index (κ3) is 5.44. The lowest BCUT2D eigenvalue weighted by molar-refractivity contribution is 0.213. The van der Waals surface area contributed by atoms with Gasteiger partial charge in [0.25, 0.3) is 0 Å². The van der Waals surface area contributed by atoms with Gasteiger partial charge < -0.3 is 19.5 Å². The number of hydrogen-bond donors (Lipinski definition) is 1. The standard InChI is InChI=1S/C20H31N7OS.HI/c1-3-18-23-20(29-24-18)27-12-10-26(11-13-27)19(21-2)22-15-16(17-7-6-14-28-17)25-8-4-5-9-25;/h6-7,14,16H,3-5,8-13,15H2,1-2H3,(H,21,22);1H. The van der Waals surface area contributed by atoms with Gasteiger partial charge in [0.05, 0.1) is 12.3 Å². The highest BCUT2D eigenvalue weighted by atomic mass is 127. The molecule has 166 valence electrons.